The van der Waals surface area contributed by atoms with Crippen LogP contribution in [0.25, 0.3) is 0 Å². The number of aromatic nitrogens is 1. The molecule has 0 amide bonds. The van der Waals surface area contributed by atoms with Crippen molar-refractivity contribution in [1.82, 2.24) is 4.98 Å². The summed E-state index contributed by atoms with van der Waals surface area (Å²) in [6.45, 7) is 6.94. The molecule has 1 aromatic rings. The van der Waals surface area contributed by atoms with E-state index in [0.29, 0.717) is 16.6 Å². The predicted molar refractivity (Wildman–Crippen MR) is 80.9 cm³/mol. The van der Waals surface area contributed by atoms with Gasteiger partial charge in [0.25, 0.3) is 0 Å². The lowest BCUT2D eigenvalue weighted by molar-refractivity contribution is 0.214. The Morgan fingerprint density at radius 1 is 1.39 bits per heavy atom. The summed E-state index contributed by atoms with van der Waals surface area (Å²) in [5.74, 6) is 2.13. The highest BCUT2D eigenvalue weighted by Gasteiger charge is 2.39. The van der Waals surface area contributed by atoms with Gasteiger partial charge in [-0.15, -0.1) is 0 Å². The fourth-order valence-electron chi connectivity index (χ4n) is 3.29. The summed E-state index contributed by atoms with van der Waals surface area (Å²) in [7, 11) is 0. The fraction of sp³-hybridized carbons (Fsp3) is 0.667. The van der Waals surface area contributed by atoms with Crippen molar-refractivity contribution < 1.29 is 0 Å². The molecule has 1 aromatic heterocycles. The monoisotopic (exact) mass is 310 g/mol. The van der Waals surface area contributed by atoms with E-state index in [4.69, 9.17) is 5.73 Å². The van der Waals surface area contributed by atoms with E-state index in [1.165, 1.54) is 24.8 Å². The van der Waals surface area contributed by atoms with E-state index in [2.05, 4.69) is 47.8 Å². The van der Waals surface area contributed by atoms with Gasteiger partial charge in [-0.1, -0.05) is 49.2 Å². The van der Waals surface area contributed by atoms with E-state index in [1.807, 2.05) is 6.07 Å². The molecule has 100 valence electrons. The number of hydrogen-bond acceptors (Lipinski definition) is 2. The Kier molecular flexibility index (Phi) is 4.00. The van der Waals surface area contributed by atoms with Gasteiger partial charge >= 0.3 is 0 Å². The number of rotatable bonds is 2. The van der Waals surface area contributed by atoms with Crippen LogP contribution in [0.5, 0.6) is 0 Å². The van der Waals surface area contributed by atoms with E-state index in [0.717, 1.165) is 5.92 Å². The molecule has 2 N–H and O–H groups in total. The molecular weight excluding hydrogens is 288 g/mol. The fourth-order valence-corrected chi connectivity index (χ4v) is 4.85. The molecule has 1 fully saturated rings. The van der Waals surface area contributed by atoms with Gasteiger partial charge in [0.1, 0.15) is 5.82 Å². The Morgan fingerprint density at radius 2 is 2.11 bits per heavy atom. The molecule has 2 nitrogen and oxygen atoms in total. The van der Waals surface area contributed by atoms with Crippen molar-refractivity contribution in [2.75, 3.05) is 5.73 Å². The van der Waals surface area contributed by atoms with Crippen LogP contribution in [0.1, 0.15) is 45.6 Å². The molecule has 0 aliphatic heterocycles. The van der Waals surface area contributed by atoms with Crippen LogP contribution in [0, 0.1) is 11.8 Å². The zero-order chi connectivity index (χ0) is 13.3. The second-order valence-electron chi connectivity index (χ2n) is 6.20. The SMILES string of the molecule is CC1CCC(C(C)(C)c2cccnc2N)C(Br)C1. The Labute approximate surface area is 119 Å². The molecule has 3 atom stereocenters. The topological polar surface area (TPSA) is 38.9 Å². The Bertz CT molecular complexity index is 417. The zero-order valence-electron chi connectivity index (χ0n) is 11.5. The van der Waals surface area contributed by atoms with E-state index in [9.17, 15) is 0 Å². The number of pyridine rings is 1. The Hall–Kier alpha value is -0.570. The number of anilines is 1. The number of halogens is 1. The second-order valence-corrected chi connectivity index (χ2v) is 7.37. The number of nitrogens with zero attached hydrogens (tertiary/aromatic N) is 1. The molecule has 0 bridgehead atoms. The van der Waals surface area contributed by atoms with Crippen LogP contribution in [0.4, 0.5) is 5.82 Å². The van der Waals surface area contributed by atoms with Crippen molar-refractivity contribution in [2.24, 2.45) is 11.8 Å². The molecular formula is C15H23BrN2. The van der Waals surface area contributed by atoms with Crippen LogP contribution < -0.4 is 5.73 Å². The Morgan fingerprint density at radius 3 is 2.72 bits per heavy atom. The standard InChI is InChI=1S/C15H23BrN2/c1-10-6-7-11(13(16)9-10)15(2,3)12-5-4-8-18-14(12)17/h4-5,8,10-11,13H,6-7,9H2,1-3H3,(H2,17,18). The lowest BCUT2D eigenvalue weighted by Crippen LogP contribution is -2.39. The minimum absolute atomic E-state index is 0.0760. The van der Waals surface area contributed by atoms with Crippen LogP contribution in [-0.2, 0) is 5.41 Å². The van der Waals surface area contributed by atoms with Crippen molar-refractivity contribution >= 4 is 21.7 Å². The van der Waals surface area contributed by atoms with Crippen molar-refractivity contribution in [1.29, 1.82) is 0 Å². The molecule has 0 saturated heterocycles. The van der Waals surface area contributed by atoms with Crippen molar-refractivity contribution in [3.8, 4) is 0 Å². The first-order valence-electron chi connectivity index (χ1n) is 6.78. The molecule has 0 spiro atoms. The molecule has 18 heavy (non-hydrogen) atoms. The minimum Gasteiger partial charge on any atom is -0.383 e. The molecule has 1 saturated carbocycles. The van der Waals surface area contributed by atoms with Gasteiger partial charge in [-0.05, 0) is 36.2 Å². The maximum Gasteiger partial charge on any atom is 0.127 e. The summed E-state index contributed by atoms with van der Waals surface area (Å²) in [5.41, 5.74) is 7.32. The van der Waals surface area contributed by atoms with Crippen LogP contribution >= 0.6 is 15.9 Å². The average Bonchev–Trinajstić information content (AvgIpc) is 2.28. The van der Waals surface area contributed by atoms with Gasteiger partial charge in [0.15, 0.2) is 0 Å². The van der Waals surface area contributed by atoms with Gasteiger partial charge in [0.2, 0.25) is 0 Å². The van der Waals surface area contributed by atoms with Crippen LogP contribution in [0.3, 0.4) is 0 Å². The van der Waals surface area contributed by atoms with Gasteiger partial charge in [-0.25, -0.2) is 4.98 Å². The molecule has 1 heterocycles. The van der Waals surface area contributed by atoms with E-state index in [1.54, 1.807) is 6.20 Å². The van der Waals surface area contributed by atoms with Crippen molar-refractivity contribution in [2.45, 2.75) is 50.3 Å². The van der Waals surface area contributed by atoms with E-state index in [-0.39, 0.29) is 5.41 Å². The molecule has 0 aromatic carbocycles. The first-order chi connectivity index (χ1) is 8.43. The summed E-state index contributed by atoms with van der Waals surface area (Å²) >= 11 is 3.89. The third-order valence-corrected chi connectivity index (χ3v) is 5.51. The summed E-state index contributed by atoms with van der Waals surface area (Å²) in [4.78, 5) is 4.82. The van der Waals surface area contributed by atoms with Gasteiger partial charge in [-0.2, -0.15) is 0 Å². The summed E-state index contributed by atoms with van der Waals surface area (Å²) in [6.07, 6.45) is 5.60. The quantitative estimate of drug-likeness (QED) is 0.834. The van der Waals surface area contributed by atoms with E-state index < -0.39 is 0 Å². The highest BCUT2D eigenvalue weighted by Crippen LogP contribution is 2.46. The van der Waals surface area contributed by atoms with Gasteiger partial charge in [0, 0.05) is 16.6 Å². The van der Waals surface area contributed by atoms with Gasteiger partial charge in [0.05, 0.1) is 0 Å². The summed E-state index contributed by atoms with van der Waals surface area (Å²) < 4.78 is 0. The van der Waals surface area contributed by atoms with E-state index >= 15 is 0 Å². The average molecular weight is 311 g/mol. The third kappa shape index (κ3) is 2.56. The lowest BCUT2D eigenvalue weighted by Gasteiger charge is -2.42. The number of nitrogens with two attached hydrogens (primary N) is 1. The first kappa shape index (κ1) is 13.9. The molecule has 3 heteroatoms. The zero-order valence-corrected chi connectivity index (χ0v) is 13.1. The first-order valence-corrected chi connectivity index (χ1v) is 7.69. The predicted octanol–water partition coefficient (Wildman–Crippen LogP) is 4.14. The number of alkyl halides is 1. The lowest BCUT2D eigenvalue weighted by atomic mass is 9.66. The molecule has 1 aliphatic rings. The van der Waals surface area contributed by atoms with Gasteiger partial charge in [-0.3, -0.25) is 0 Å². The second kappa shape index (κ2) is 5.20. The van der Waals surface area contributed by atoms with Crippen molar-refractivity contribution in [3.63, 3.8) is 0 Å². The molecule has 2 rings (SSSR count). The number of nitrogen functional groups attached to an aromatic ring is 1. The largest absolute Gasteiger partial charge is 0.383 e. The molecule has 1 aliphatic carbocycles. The third-order valence-electron chi connectivity index (χ3n) is 4.49. The minimum atomic E-state index is 0.0760. The highest BCUT2D eigenvalue weighted by atomic mass is 79.9. The smallest absolute Gasteiger partial charge is 0.127 e. The van der Waals surface area contributed by atoms with Crippen LogP contribution in [0.15, 0.2) is 18.3 Å². The van der Waals surface area contributed by atoms with Crippen LogP contribution in [0.2, 0.25) is 0 Å². The highest BCUT2D eigenvalue weighted by molar-refractivity contribution is 9.09. The van der Waals surface area contributed by atoms with Crippen molar-refractivity contribution in [3.05, 3.63) is 23.9 Å². The summed E-state index contributed by atoms with van der Waals surface area (Å²) in [6, 6.07) is 4.11. The normalized spacial score (nSPS) is 29.2. The molecule has 3 unspecified atom stereocenters. The Balaban J connectivity index is 2.28. The molecule has 0 radical (unpaired) electrons. The number of hydrogen-bond donors (Lipinski definition) is 1. The maximum absolute atomic E-state index is 6.06. The summed E-state index contributed by atoms with van der Waals surface area (Å²) in [5, 5.41) is 0. The maximum atomic E-state index is 6.06. The van der Waals surface area contributed by atoms with Crippen LogP contribution in [-0.4, -0.2) is 9.81 Å². The van der Waals surface area contributed by atoms with Gasteiger partial charge < -0.3 is 5.73 Å².